The summed E-state index contributed by atoms with van der Waals surface area (Å²) in [7, 11) is 1.56. The van der Waals surface area contributed by atoms with Gasteiger partial charge < -0.3 is 15.4 Å². The second-order valence-electron chi connectivity index (χ2n) is 6.38. The van der Waals surface area contributed by atoms with Crippen molar-refractivity contribution < 1.29 is 13.9 Å². The number of nitrogens with two attached hydrogens (primary N) is 1. The minimum absolute atomic E-state index is 0. The van der Waals surface area contributed by atoms with Crippen LogP contribution in [0.25, 0.3) is 10.1 Å². The molecule has 2 aromatic rings. The first kappa shape index (κ1) is 20.1. The van der Waals surface area contributed by atoms with Gasteiger partial charge in [-0.15, -0.1) is 23.7 Å². The first-order valence-electron chi connectivity index (χ1n) is 8.30. The molecule has 1 aromatic carbocycles. The van der Waals surface area contributed by atoms with E-state index in [2.05, 4.69) is 0 Å². The number of fused-ring (bicyclic) bond motifs is 1. The van der Waals surface area contributed by atoms with Gasteiger partial charge in [-0.05, 0) is 38.3 Å². The molecular weight excluding hydrogens is 363 g/mol. The lowest BCUT2D eigenvalue weighted by Gasteiger charge is -2.38. The summed E-state index contributed by atoms with van der Waals surface area (Å²) in [5.74, 6) is -0.359. The van der Waals surface area contributed by atoms with Crippen LogP contribution in [-0.2, 0) is 11.3 Å². The van der Waals surface area contributed by atoms with Crippen LogP contribution in [0.1, 0.15) is 41.4 Å². The quantitative estimate of drug-likeness (QED) is 0.865. The standard InChI is InChI=1S/C18H23FN2O2S.ClH/c1-11(20)14-7-3-4-9-21(14)18(22)17-12(10-23-2)16-13(19)6-5-8-15(16)24-17;/h5-6,8,11,14H,3-4,7,9-10,20H2,1-2H3;1H. The number of hydrogen-bond donors (Lipinski definition) is 1. The Morgan fingerprint density at radius 1 is 1.48 bits per heavy atom. The molecule has 7 heteroatoms. The Kier molecular flexibility index (Phi) is 6.79. The van der Waals surface area contributed by atoms with E-state index in [0.717, 1.165) is 24.0 Å². The Hall–Kier alpha value is -1.21. The summed E-state index contributed by atoms with van der Waals surface area (Å²) in [6, 6.07) is 4.90. The molecule has 2 heterocycles. The van der Waals surface area contributed by atoms with E-state index in [1.165, 1.54) is 17.4 Å². The molecule has 2 unspecified atom stereocenters. The maximum absolute atomic E-state index is 14.3. The van der Waals surface area contributed by atoms with Crippen molar-refractivity contribution in [3.63, 3.8) is 0 Å². The van der Waals surface area contributed by atoms with Gasteiger partial charge in [-0.1, -0.05) is 6.07 Å². The molecule has 0 aliphatic carbocycles. The number of methoxy groups -OCH3 is 1. The number of ether oxygens (including phenoxy) is 1. The third-order valence-electron chi connectivity index (χ3n) is 4.66. The van der Waals surface area contributed by atoms with Gasteiger partial charge in [0.05, 0.1) is 11.5 Å². The van der Waals surface area contributed by atoms with Gasteiger partial charge in [0.25, 0.3) is 5.91 Å². The monoisotopic (exact) mass is 386 g/mol. The smallest absolute Gasteiger partial charge is 0.264 e. The highest BCUT2D eigenvalue weighted by Crippen LogP contribution is 2.35. The van der Waals surface area contributed by atoms with Crippen molar-refractivity contribution >= 4 is 39.7 Å². The largest absolute Gasteiger partial charge is 0.380 e. The van der Waals surface area contributed by atoms with E-state index in [1.807, 2.05) is 17.9 Å². The first-order valence-corrected chi connectivity index (χ1v) is 9.11. The first-order chi connectivity index (χ1) is 11.5. The van der Waals surface area contributed by atoms with Crippen molar-refractivity contribution in [2.24, 2.45) is 5.73 Å². The predicted octanol–water partition coefficient (Wildman–Crippen LogP) is 3.95. The maximum Gasteiger partial charge on any atom is 0.264 e. The zero-order chi connectivity index (χ0) is 17.3. The van der Waals surface area contributed by atoms with E-state index < -0.39 is 0 Å². The molecule has 25 heavy (non-hydrogen) atoms. The Morgan fingerprint density at radius 3 is 2.92 bits per heavy atom. The molecule has 0 radical (unpaired) electrons. The molecule has 1 amide bonds. The third-order valence-corrected chi connectivity index (χ3v) is 5.85. The zero-order valence-corrected chi connectivity index (χ0v) is 16.1. The lowest BCUT2D eigenvalue weighted by molar-refractivity contribution is 0.0585. The number of hydrogen-bond acceptors (Lipinski definition) is 4. The molecular formula is C18H24ClFN2O2S. The summed E-state index contributed by atoms with van der Waals surface area (Å²) < 4.78 is 20.3. The molecule has 1 saturated heterocycles. The molecule has 4 nitrogen and oxygen atoms in total. The Labute approximate surface area is 157 Å². The van der Waals surface area contributed by atoms with E-state index in [4.69, 9.17) is 10.5 Å². The number of thiophene rings is 1. The summed E-state index contributed by atoms with van der Waals surface area (Å²) >= 11 is 1.34. The summed E-state index contributed by atoms with van der Waals surface area (Å²) in [6.45, 7) is 2.86. The Morgan fingerprint density at radius 2 is 2.24 bits per heavy atom. The van der Waals surface area contributed by atoms with Gasteiger partial charge in [-0.3, -0.25) is 4.79 Å². The molecule has 2 atom stereocenters. The fourth-order valence-corrected chi connectivity index (χ4v) is 4.69. The van der Waals surface area contributed by atoms with Crippen LogP contribution in [0.5, 0.6) is 0 Å². The number of carbonyl (C=O) groups excluding carboxylic acids is 1. The number of nitrogens with zero attached hydrogens (tertiary/aromatic N) is 1. The van der Waals surface area contributed by atoms with E-state index in [9.17, 15) is 9.18 Å². The predicted molar refractivity (Wildman–Crippen MR) is 102 cm³/mol. The highest BCUT2D eigenvalue weighted by molar-refractivity contribution is 7.21. The van der Waals surface area contributed by atoms with Crippen LogP contribution >= 0.6 is 23.7 Å². The number of benzene rings is 1. The second kappa shape index (κ2) is 8.45. The van der Waals surface area contributed by atoms with Gasteiger partial charge in [0.2, 0.25) is 0 Å². The highest BCUT2D eigenvalue weighted by Gasteiger charge is 2.32. The van der Waals surface area contributed by atoms with Crippen molar-refractivity contribution in [3.05, 3.63) is 34.5 Å². The van der Waals surface area contributed by atoms with Gasteiger partial charge in [-0.2, -0.15) is 0 Å². The third kappa shape index (κ3) is 3.82. The lowest BCUT2D eigenvalue weighted by atomic mass is 9.96. The molecule has 0 spiro atoms. The van der Waals surface area contributed by atoms with Crippen LogP contribution in [0.3, 0.4) is 0 Å². The van der Waals surface area contributed by atoms with E-state index in [-0.39, 0.29) is 42.8 Å². The van der Waals surface area contributed by atoms with Crippen LogP contribution in [0, 0.1) is 5.82 Å². The van der Waals surface area contributed by atoms with Gasteiger partial charge in [0, 0.05) is 41.4 Å². The van der Waals surface area contributed by atoms with Crippen LogP contribution < -0.4 is 5.73 Å². The number of amides is 1. The average molecular weight is 387 g/mol. The lowest BCUT2D eigenvalue weighted by Crippen LogP contribution is -2.51. The summed E-state index contributed by atoms with van der Waals surface area (Å²) in [6.07, 6.45) is 2.98. The van der Waals surface area contributed by atoms with Crippen LogP contribution in [0.15, 0.2) is 18.2 Å². The van der Waals surface area contributed by atoms with Gasteiger partial charge in [-0.25, -0.2) is 4.39 Å². The minimum atomic E-state index is -0.308. The van der Waals surface area contributed by atoms with Crippen molar-refractivity contribution in [3.8, 4) is 0 Å². The van der Waals surface area contributed by atoms with Gasteiger partial charge >= 0.3 is 0 Å². The molecule has 2 N–H and O–H groups in total. The SMILES string of the molecule is COCc1c(C(=O)N2CCCCC2C(C)N)sc2cccc(F)c12.Cl. The van der Waals surface area contributed by atoms with E-state index in [1.54, 1.807) is 13.2 Å². The molecule has 0 bridgehead atoms. The second-order valence-corrected chi connectivity index (χ2v) is 7.43. The van der Waals surface area contributed by atoms with E-state index >= 15 is 0 Å². The van der Waals surface area contributed by atoms with Gasteiger partial charge in [0.15, 0.2) is 0 Å². The summed E-state index contributed by atoms with van der Waals surface area (Å²) in [5, 5.41) is 0.502. The fraction of sp³-hybridized carbons (Fsp3) is 0.500. The fourth-order valence-electron chi connectivity index (χ4n) is 3.51. The molecule has 3 rings (SSSR count). The van der Waals surface area contributed by atoms with Crippen LogP contribution in [0.2, 0.25) is 0 Å². The molecule has 1 aliphatic rings. The summed E-state index contributed by atoms with van der Waals surface area (Å²) in [4.78, 5) is 15.6. The molecule has 1 aliphatic heterocycles. The number of halogens is 2. The molecule has 1 aromatic heterocycles. The Bertz CT molecular complexity index is 750. The van der Waals surface area contributed by atoms with Crippen molar-refractivity contribution in [2.75, 3.05) is 13.7 Å². The number of rotatable bonds is 4. The number of likely N-dealkylation sites (tertiary alicyclic amines) is 1. The highest BCUT2D eigenvalue weighted by atomic mass is 35.5. The van der Waals surface area contributed by atoms with Crippen LogP contribution in [-0.4, -0.2) is 36.5 Å². The zero-order valence-electron chi connectivity index (χ0n) is 14.5. The topological polar surface area (TPSA) is 55.6 Å². The Balaban J connectivity index is 0.00000225. The minimum Gasteiger partial charge on any atom is -0.380 e. The molecule has 1 fully saturated rings. The van der Waals surface area contributed by atoms with Crippen molar-refractivity contribution in [2.45, 2.75) is 44.9 Å². The van der Waals surface area contributed by atoms with E-state index in [0.29, 0.717) is 22.4 Å². The maximum atomic E-state index is 14.3. The number of carbonyl (C=O) groups is 1. The summed E-state index contributed by atoms with van der Waals surface area (Å²) in [5.41, 5.74) is 6.74. The van der Waals surface area contributed by atoms with Crippen molar-refractivity contribution in [1.29, 1.82) is 0 Å². The normalized spacial score (nSPS) is 18.9. The molecule has 0 saturated carbocycles. The molecule has 138 valence electrons. The average Bonchev–Trinajstić information content (AvgIpc) is 2.94. The van der Waals surface area contributed by atoms with Crippen LogP contribution in [0.4, 0.5) is 4.39 Å². The van der Waals surface area contributed by atoms with Crippen molar-refractivity contribution in [1.82, 2.24) is 4.90 Å². The number of piperidine rings is 1. The van der Waals surface area contributed by atoms with Gasteiger partial charge in [0.1, 0.15) is 5.82 Å².